The number of nitrogens with zero attached hydrogens (tertiary/aromatic N) is 2. The van der Waals surface area contributed by atoms with Gasteiger partial charge in [-0.25, -0.2) is 0 Å². The van der Waals surface area contributed by atoms with Gasteiger partial charge >= 0.3 is 0 Å². The molecule has 0 spiro atoms. The molecule has 4 aromatic carbocycles. The second kappa shape index (κ2) is 10.9. The van der Waals surface area contributed by atoms with Gasteiger partial charge in [0.05, 0.1) is 11.4 Å². The minimum absolute atomic E-state index is 0.0155. The monoisotopic (exact) mass is 568 g/mol. The van der Waals surface area contributed by atoms with Gasteiger partial charge in [0.1, 0.15) is 17.9 Å². The number of rotatable bonds is 6. The number of amides is 2. The molecule has 1 aliphatic rings. The van der Waals surface area contributed by atoms with E-state index in [1.165, 1.54) is 9.80 Å². The molecule has 182 valence electrons. The number of hydrogen-bond donors (Lipinski definition) is 0. The maximum atomic E-state index is 13.7. The van der Waals surface area contributed by atoms with E-state index in [4.69, 9.17) is 17.0 Å². The Morgan fingerprint density at radius 1 is 0.703 bits per heavy atom. The summed E-state index contributed by atoms with van der Waals surface area (Å²) in [6, 6.07) is 33.3. The van der Waals surface area contributed by atoms with Gasteiger partial charge in [-0.2, -0.15) is 0 Å². The number of carbonyl (C=O) groups excluding carboxylic acids is 2. The summed E-state index contributed by atoms with van der Waals surface area (Å²) >= 11 is 9.21. The molecule has 0 atom stereocenters. The van der Waals surface area contributed by atoms with Crippen molar-refractivity contribution in [3.8, 4) is 5.75 Å². The average Bonchev–Trinajstić information content (AvgIpc) is 2.92. The van der Waals surface area contributed by atoms with Crippen molar-refractivity contribution in [2.45, 2.75) is 6.61 Å². The maximum absolute atomic E-state index is 13.7. The molecule has 7 heteroatoms. The smallest absolute Gasteiger partial charge is 0.270 e. The third-order valence-electron chi connectivity index (χ3n) is 5.84. The lowest BCUT2D eigenvalue weighted by Crippen LogP contribution is -2.56. The van der Waals surface area contributed by atoms with Crippen LogP contribution in [0, 0.1) is 0 Å². The van der Waals surface area contributed by atoms with E-state index < -0.39 is 11.8 Å². The summed E-state index contributed by atoms with van der Waals surface area (Å²) in [5, 5.41) is 0.100. The molecule has 1 aliphatic heterocycles. The van der Waals surface area contributed by atoms with E-state index in [-0.39, 0.29) is 10.7 Å². The Hall–Kier alpha value is -4.07. The number of halogens is 1. The summed E-state index contributed by atoms with van der Waals surface area (Å²) in [5.74, 6) is -0.431. The summed E-state index contributed by atoms with van der Waals surface area (Å²) in [6.07, 6.45) is 1.58. The van der Waals surface area contributed by atoms with E-state index >= 15 is 0 Å². The first-order valence-corrected chi connectivity index (χ1v) is 12.7. The first kappa shape index (κ1) is 24.6. The SMILES string of the molecule is O=C1C(=Cc2ccccc2OCc2ccccc2Br)C(=O)N(c2ccccc2)C(=S)N1c1ccccc1. The van der Waals surface area contributed by atoms with Gasteiger partial charge in [0.2, 0.25) is 0 Å². The van der Waals surface area contributed by atoms with Crippen molar-refractivity contribution >= 4 is 62.5 Å². The van der Waals surface area contributed by atoms with Crippen molar-refractivity contribution in [1.82, 2.24) is 0 Å². The predicted octanol–water partition coefficient (Wildman–Crippen LogP) is 6.78. The highest BCUT2D eigenvalue weighted by molar-refractivity contribution is 9.10. The Kier molecular flexibility index (Phi) is 7.25. The summed E-state index contributed by atoms with van der Waals surface area (Å²) in [5.41, 5.74) is 2.73. The fourth-order valence-electron chi connectivity index (χ4n) is 4.00. The van der Waals surface area contributed by atoms with Crippen LogP contribution in [-0.4, -0.2) is 16.9 Å². The van der Waals surface area contributed by atoms with Crippen molar-refractivity contribution in [3.05, 3.63) is 130 Å². The molecule has 0 aromatic heterocycles. The Balaban J connectivity index is 1.56. The number of para-hydroxylation sites is 3. The number of carbonyl (C=O) groups is 2. The van der Waals surface area contributed by atoms with E-state index in [2.05, 4.69) is 15.9 Å². The highest BCUT2D eigenvalue weighted by atomic mass is 79.9. The van der Waals surface area contributed by atoms with E-state index in [0.717, 1.165) is 10.0 Å². The van der Waals surface area contributed by atoms with Crippen LogP contribution in [0.4, 0.5) is 11.4 Å². The zero-order valence-corrected chi connectivity index (χ0v) is 22.0. The molecule has 1 saturated heterocycles. The van der Waals surface area contributed by atoms with E-state index in [1.54, 1.807) is 30.3 Å². The van der Waals surface area contributed by atoms with Crippen LogP contribution in [0.15, 0.2) is 119 Å². The molecule has 5 rings (SSSR count). The lowest BCUT2D eigenvalue weighted by atomic mass is 10.0. The van der Waals surface area contributed by atoms with Crippen molar-refractivity contribution in [1.29, 1.82) is 0 Å². The first-order chi connectivity index (χ1) is 18.0. The Bertz CT molecular complexity index is 1440. The van der Waals surface area contributed by atoms with Gasteiger partial charge in [-0.3, -0.25) is 19.4 Å². The number of anilines is 2. The van der Waals surface area contributed by atoms with Crippen molar-refractivity contribution in [3.63, 3.8) is 0 Å². The zero-order valence-electron chi connectivity index (χ0n) is 19.6. The molecule has 0 bridgehead atoms. The number of benzene rings is 4. The van der Waals surface area contributed by atoms with Crippen LogP contribution in [-0.2, 0) is 16.2 Å². The van der Waals surface area contributed by atoms with Crippen LogP contribution in [0.1, 0.15) is 11.1 Å². The van der Waals surface area contributed by atoms with Crippen molar-refractivity contribution < 1.29 is 14.3 Å². The van der Waals surface area contributed by atoms with Crippen LogP contribution in [0.2, 0.25) is 0 Å². The predicted molar refractivity (Wildman–Crippen MR) is 153 cm³/mol. The minimum Gasteiger partial charge on any atom is -0.488 e. The molecule has 0 unspecified atom stereocenters. The Labute approximate surface area is 228 Å². The van der Waals surface area contributed by atoms with Crippen molar-refractivity contribution in [2.75, 3.05) is 9.80 Å². The van der Waals surface area contributed by atoms with Crippen molar-refractivity contribution in [2.24, 2.45) is 0 Å². The summed E-state index contributed by atoms with van der Waals surface area (Å²) in [7, 11) is 0. The van der Waals surface area contributed by atoms with Crippen LogP contribution in [0.3, 0.4) is 0 Å². The van der Waals surface area contributed by atoms with E-state index in [0.29, 0.717) is 29.3 Å². The lowest BCUT2D eigenvalue weighted by molar-refractivity contribution is -0.120. The second-order valence-corrected chi connectivity index (χ2v) is 9.43. The third-order valence-corrected chi connectivity index (χ3v) is 6.98. The highest BCUT2D eigenvalue weighted by Gasteiger charge is 2.41. The topological polar surface area (TPSA) is 49.9 Å². The number of thiocarbonyl (C=S) groups is 1. The fraction of sp³-hybridized carbons (Fsp3) is 0.0333. The van der Waals surface area contributed by atoms with Gasteiger partial charge in [-0.1, -0.05) is 88.7 Å². The lowest BCUT2D eigenvalue weighted by Gasteiger charge is -2.36. The molecule has 0 N–H and O–H groups in total. The van der Waals surface area contributed by atoms with Gasteiger partial charge < -0.3 is 4.74 Å². The number of hydrogen-bond acceptors (Lipinski definition) is 4. The van der Waals surface area contributed by atoms with Crippen LogP contribution in [0.5, 0.6) is 5.75 Å². The number of ether oxygens (including phenoxy) is 1. The molecule has 1 fully saturated rings. The second-order valence-electron chi connectivity index (χ2n) is 8.21. The van der Waals surface area contributed by atoms with E-state index in [1.807, 2.05) is 84.9 Å². The summed E-state index contributed by atoms with van der Waals surface area (Å²) < 4.78 is 7.05. The average molecular weight is 569 g/mol. The van der Waals surface area contributed by atoms with Crippen LogP contribution < -0.4 is 14.5 Å². The molecule has 4 aromatic rings. The normalized spacial score (nSPS) is 13.6. The van der Waals surface area contributed by atoms with Crippen LogP contribution >= 0.6 is 28.1 Å². The third kappa shape index (κ3) is 5.09. The highest BCUT2D eigenvalue weighted by Crippen LogP contribution is 2.31. The molecular formula is C30H21BrN2O3S. The largest absolute Gasteiger partial charge is 0.488 e. The quantitative estimate of drug-likeness (QED) is 0.146. The molecule has 2 amide bonds. The Morgan fingerprint density at radius 2 is 1.22 bits per heavy atom. The van der Waals surface area contributed by atoms with Gasteiger partial charge in [0.15, 0.2) is 5.11 Å². The molecule has 5 nitrogen and oxygen atoms in total. The molecule has 0 aliphatic carbocycles. The molecule has 37 heavy (non-hydrogen) atoms. The minimum atomic E-state index is -0.492. The van der Waals surface area contributed by atoms with E-state index in [9.17, 15) is 9.59 Å². The Morgan fingerprint density at radius 3 is 1.81 bits per heavy atom. The van der Waals surface area contributed by atoms with Gasteiger partial charge in [-0.15, -0.1) is 0 Å². The molecular weight excluding hydrogens is 548 g/mol. The van der Waals surface area contributed by atoms with Gasteiger partial charge in [-0.05, 0) is 54.7 Å². The maximum Gasteiger partial charge on any atom is 0.270 e. The molecule has 0 radical (unpaired) electrons. The first-order valence-electron chi connectivity index (χ1n) is 11.5. The zero-order chi connectivity index (χ0) is 25.8. The molecule has 1 heterocycles. The summed E-state index contributed by atoms with van der Waals surface area (Å²) in [6.45, 7) is 0.319. The molecule has 0 saturated carbocycles. The van der Waals surface area contributed by atoms with Crippen LogP contribution in [0.25, 0.3) is 6.08 Å². The standard InChI is InChI=1S/C30H21BrN2O3S/c31-26-17-9-7-12-22(26)20-36-27-18-10-8-11-21(27)19-25-28(34)32(23-13-3-1-4-14-23)30(37)33(29(25)35)24-15-5-2-6-16-24/h1-19H,20H2. The fourth-order valence-corrected chi connectivity index (χ4v) is 4.77. The van der Waals surface area contributed by atoms with Gasteiger partial charge in [0, 0.05) is 15.6 Å². The summed E-state index contributed by atoms with van der Waals surface area (Å²) in [4.78, 5) is 30.3. The van der Waals surface area contributed by atoms with Gasteiger partial charge in [0.25, 0.3) is 11.8 Å².